The molecular formula is C20H21ClN2O2. The van der Waals surface area contributed by atoms with Crippen LogP contribution in [0.5, 0.6) is 0 Å². The molecule has 0 atom stereocenters. The topological polar surface area (TPSA) is 58.2 Å². The van der Waals surface area contributed by atoms with Crippen molar-refractivity contribution in [2.75, 3.05) is 5.32 Å². The van der Waals surface area contributed by atoms with Gasteiger partial charge in [-0.15, -0.1) is 0 Å². The summed E-state index contributed by atoms with van der Waals surface area (Å²) in [5, 5.41) is 6.13. The molecule has 3 rings (SSSR count). The molecule has 0 spiro atoms. The van der Waals surface area contributed by atoms with Crippen LogP contribution in [0.25, 0.3) is 0 Å². The Morgan fingerprint density at radius 2 is 1.96 bits per heavy atom. The van der Waals surface area contributed by atoms with Gasteiger partial charge in [-0.25, -0.2) is 0 Å². The van der Waals surface area contributed by atoms with Crippen LogP contribution >= 0.6 is 11.6 Å². The van der Waals surface area contributed by atoms with E-state index in [4.69, 9.17) is 11.6 Å². The van der Waals surface area contributed by atoms with E-state index in [1.165, 1.54) is 5.56 Å². The van der Waals surface area contributed by atoms with E-state index in [9.17, 15) is 9.59 Å². The molecule has 5 heteroatoms. The summed E-state index contributed by atoms with van der Waals surface area (Å²) in [5.74, 6) is -0.277. The second kappa shape index (κ2) is 7.70. The van der Waals surface area contributed by atoms with Crippen molar-refractivity contribution in [3.05, 3.63) is 64.2 Å². The molecule has 0 radical (unpaired) electrons. The fourth-order valence-corrected chi connectivity index (χ4v) is 2.82. The summed E-state index contributed by atoms with van der Waals surface area (Å²) in [6, 6.07) is 13.4. The molecule has 0 saturated heterocycles. The van der Waals surface area contributed by atoms with E-state index in [-0.39, 0.29) is 17.9 Å². The molecule has 130 valence electrons. The number of anilines is 1. The SMILES string of the molecule is Cc1cccc(CCC(=O)Nc2ccc(Cl)c(C(=O)NC3CC3)c2)c1. The van der Waals surface area contributed by atoms with E-state index in [0.717, 1.165) is 18.4 Å². The van der Waals surface area contributed by atoms with Gasteiger partial charge in [0.15, 0.2) is 0 Å². The number of benzene rings is 2. The summed E-state index contributed by atoms with van der Waals surface area (Å²) >= 11 is 6.11. The molecule has 2 aromatic carbocycles. The first-order chi connectivity index (χ1) is 12.0. The van der Waals surface area contributed by atoms with E-state index in [2.05, 4.69) is 16.7 Å². The van der Waals surface area contributed by atoms with Gasteiger partial charge in [0.1, 0.15) is 0 Å². The van der Waals surface area contributed by atoms with Gasteiger partial charge in [0.05, 0.1) is 10.6 Å². The van der Waals surface area contributed by atoms with Crippen molar-refractivity contribution in [2.45, 2.75) is 38.6 Å². The first-order valence-corrected chi connectivity index (χ1v) is 8.85. The Labute approximate surface area is 152 Å². The maximum atomic E-state index is 12.2. The van der Waals surface area contributed by atoms with E-state index in [0.29, 0.717) is 29.1 Å². The highest BCUT2D eigenvalue weighted by molar-refractivity contribution is 6.34. The first kappa shape index (κ1) is 17.5. The van der Waals surface area contributed by atoms with Gasteiger partial charge in [0, 0.05) is 18.2 Å². The van der Waals surface area contributed by atoms with Gasteiger partial charge in [-0.05, 0) is 49.9 Å². The van der Waals surface area contributed by atoms with Crippen molar-refractivity contribution in [2.24, 2.45) is 0 Å². The predicted octanol–water partition coefficient (Wildman–Crippen LogP) is 4.11. The zero-order valence-corrected chi connectivity index (χ0v) is 14.9. The average molecular weight is 357 g/mol. The molecule has 2 amide bonds. The number of rotatable bonds is 6. The number of nitrogens with one attached hydrogen (secondary N) is 2. The van der Waals surface area contributed by atoms with Crippen LogP contribution in [-0.2, 0) is 11.2 Å². The minimum Gasteiger partial charge on any atom is -0.349 e. The van der Waals surface area contributed by atoms with Crippen molar-refractivity contribution in [1.29, 1.82) is 0 Å². The Balaban J connectivity index is 1.59. The molecule has 1 fully saturated rings. The molecule has 0 heterocycles. The van der Waals surface area contributed by atoms with Crippen molar-refractivity contribution in [3.63, 3.8) is 0 Å². The third-order valence-corrected chi connectivity index (χ3v) is 4.46. The molecule has 1 aliphatic rings. The minimum atomic E-state index is -0.191. The molecule has 0 unspecified atom stereocenters. The Kier molecular flexibility index (Phi) is 5.39. The van der Waals surface area contributed by atoms with Crippen LogP contribution in [0.15, 0.2) is 42.5 Å². The van der Waals surface area contributed by atoms with Crippen LogP contribution in [0.3, 0.4) is 0 Å². The second-order valence-corrected chi connectivity index (χ2v) is 6.89. The van der Waals surface area contributed by atoms with Crippen molar-refractivity contribution >= 4 is 29.1 Å². The summed E-state index contributed by atoms with van der Waals surface area (Å²) in [6.45, 7) is 2.03. The van der Waals surface area contributed by atoms with Gasteiger partial charge >= 0.3 is 0 Å². The number of halogens is 1. The van der Waals surface area contributed by atoms with E-state index in [1.54, 1.807) is 18.2 Å². The molecule has 2 aromatic rings. The normalized spacial score (nSPS) is 13.4. The highest BCUT2D eigenvalue weighted by Crippen LogP contribution is 2.24. The van der Waals surface area contributed by atoms with Gasteiger partial charge in [0.2, 0.25) is 5.91 Å². The third-order valence-electron chi connectivity index (χ3n) is 4.13. The van der Waals surface area contributed by atoms with Gasteiger partial charge < -0.3 is 10.6 Å². The summed E-state index contributed by atoms with van der Waals surface area (Å²) in [7, 11) is 0. The predicted molar refractivity (Wildman–Crippen MR) is 100 cm³/mol. The minimum absolute atomic E-state index is 0.0858. The largest absolute Gasteiger partial charge is 0.349 e. The summed E-state index contributed by atoms with van der Waals surface area (Å²) in [6.07, 6.45) is 3.09. The number of hydrogen-bond donors (Lipinski definition) is 2. The number of carbonyl (C=O) groups is 2. The lowest BCUT2D eigenvalue weighted by atomic mass is 10.1. The van der Waals surface area contributed by atoms with Gasteiger partial charge in [-0.1, -0.05) is 41.4 Å². The highest BCUT2D eigenvalue weighted by Gasteiger charge is 2.24. The maximum absolute atomic E-state index is 12.2. The monoisotopic (exact) mass is 356 g/mol. The molecular weight excluding hydrogens is 336 g/mol. The summed E-state index contributed by atoms with van der Waals surface area (Å²) in [5.41, 5.74) is 3.29. The fourth-order valence-electron chi connectivity index (χ4n) is 2.62. The second-order valence-electron chi connectivity index (χ2n) is 6.48. The number of hydrogen-bond acceptors (Lipinski definition) is 2. The van der Waals surface area contributed by atoms with Crippen molar-refractivity contribution < 1.29 is 9.59 Å². The Morgan fingerprint density at radius 1 is 1.16 bits per heavy atom. The molecule has 1 aliphatic carbocycles. The van der Waals surface area contributed by atoms with Crippen LogP contribution in [0.4, 0.5) is 5.69 Å². The van der Waals surface area contributed by atoms with Gasteiger partial charge in [-0.2, -0.15) is 0 Å². The maximum Gasteiger partial charge on any atom is 0.253 e. The fraction of sp³-hybridized carbons (Fsp3) is 0.300. The quantitative estimate of drug-likeness (QED) is 0.818. The van der Waals surface area contributed by atoms with Crippen LogP contribution in [-0.4, -0.2) is 17.9 Å². The zero-order chi connectivity index (χ0) is 17.8. The summed E-state index contributed by atoms with van der Waals surface area (Å²) in [4.78, 5) is 24.4. The molecule has 4 nitrogen and oxygen atoms in total. The van der Waals surface area contributed by atoms with Crippen LogP contribution in [0.2, 0.25) is 5.02 Å². The van der Waals surface area contributed by atoms with Crippen LogP contribution < -0.4 is 10.6 Å². The van der Waals surface area contributed by atoms with Crippen molar-refractivity contribution in [3.8, 4) is 0 Å². The van der Waals surface area contributed by atoms with Gasteiger partial charge in [0.25, 0.3) is 5.91 Å². The van der Waals surface area contributed by atoms with E-state index >= 15 is 0 Å². The Bertz CT molecular complexity index is 800. The zero-order valence-electron chi connectivity index (χ0n) is 14.1. The lowest BCUT2D eigenvalue weighted by Crippen LogP contribution is -2.25. The molecule has 1 saturated carbocycles. The Morgan fingerprint density at radius 3 is 2.68 bits per heavy atom. The number of carbonyl (C=O) groups excluding carboxylic acids is 2. The summed E-state index contributed by atoms with van der Waals surface area (Å²) < 4.78 is 0. The Hall–Kier alpha value is -2.33. The molecule has 0 aliphatic heterocycles. The molecule has 2 N–H and O–H groups in total. The van der Waals surface area contributed by atoms with Gasteiger partial charge in [-0.3, -0.25) is 9.59 Å². The van der Waals surface area contributed by atoms with Crippen molar-refractivity contribution in [1.82, 2.24) is 5.32 Å². The standard InChI is InChI=1S/C20H21ClN2O2/c1-13-3-2-4-14(11-13)5-10-19(24)22-16-8-9-18(21)17(12-16)20(25)23-15-6-7-15/h2-4,8-9,11-12,15H,5-7,10H2,1H3,(H,22,24)(H,23,25). The van der Waals surface area contributed by atoms with E-state index in [1.807, 2.05) is 25.1 Å². The lowest BCUT2D eigenvalue weighted by molar-refractivity contribution is -0.116. The van der Waals surface area contributed by atoms with Crippen LogP contribution in [0, 0.1) is 6.92 Å². The van der Waals surface area contributed by atoms with E-state index < -0.39 is 0 Å². The average Bonchev–Trinajstić information content (AvgIpc) is 3.39. The lowest BCUT2D eigenvalue weighted by Gasteiger charge is -2.10. The molecule has 0 bridgehead atoms. The van der Waals surface area contributed by atoms with Crippen LogP contribution in [0.1, 0.15) is 40.7 Å². The number of aryl methyl sites for hydroxylation is 2. The number of amides is 2. The first-order valence-electron chi connectivity index (χ1n) is 8.47. The highest BCUT2D eigenvalue weighted by atomic mass is 35.5. The smallest absolute Gasteiger partial charge is 0.253 e. The third kappa shape index (κ3) is 5.07. The molecule has 25 heavy (non-hydrogen) atoms. The molecule has 0 aromatic heterocycles.